The van der Waals surface area contributed by atoms with Crippen LogP contribution in [0.1, 0.15) is 12.0 Å². The van der Waals surface area contributed by atoms with Crippen LogP contribution in [0.15, 0.2) is 48.5 Å². The maximum atomic E-state index is 14.0. The number of benzene rings is 2. The molecule has 3 N–H and O–H groups in total. The lowest BCUT2D eigenvalue weighted by Crippen LogP contribution is -2.39. The van der Waals surface area contributed by atoms with Crippen molar-refractivity contribution >= 4 is 35.0 Å². The second-order valence-corrected chi connectivity index (χ2v) is 7.53. The van der Waals surface area contributed by atoms with Gasteiger partial charge < -0.3 is 16.0 Å². The molecule has 0 aliphatic carbocycles. The van der Waals surface area contributed by atoms with Gasteiger partial charge in [-0.15, -0.1) is 0 Å². The second-order valence-electron chi connectivity index (χ2n) is 6.38. The SMILES string of the molecule is O=C(CC1CSCCN1)Nc1ccc(F)c(NC(=O)Cc2ccccc2)c1. The lowest BCUT2D eigenvalue weighted by molar-refractivity contribution is -0.117. The summed E-state index contributed by atoms with van der Waals surface area (Å²) in [6.45, 7) is 0.900. The van der Waals surface area contributed by atoms with E-state index in [2.05, 4.69) is 16.0 Å². The van der Waals surface area contributed by atoms with Gasteiger partial charge in [0, 0.05) is 36.2 Å². The van der Waals surface area contributed by atoms with Gasteiger partial charge in [0.05, 0.1) is 12.1 Å². The highest BCUT2D eigenvalue weighted by molar-refractivity contribution is 7.99. The minimum absolute atomic E-state index is 0.0556. The van der Waals surface area contributed by atoms with Crippen LogP contribution in [-0.2, 0) is 16.0 Å². The summed E-state index contributed by atoms with van der Waals surface area (Å²) < 4.78 is 14.0. The number of halogens is 1. The Morgan fingerprint density at radius 1 is 1.11 bits per heavy atom. The molecule has 1 aliphatic heterocycles. The zero-order valence-corrected chi connectivity index (χ0v) is 15.7. The van der Waals surface area contributed by atoms with Crippen LogP contribution in [-0.4, -0.2) is 35.9 Å². The molecule has 0 aromatic heterocycles. The molecule has 27 heavy (non-hydrogen) atoms. The van der Waals surface area contributed by atoms with Crippen LogP contribution in [0.25, 0.3) is 0 Å². The highest BCUT2D eigenvalue weighted by Crippen LogP contribution is 2.21. The molecule has 142 valence electrons. The van der Waals surface area contributed by atoms with Gasteiger partial charge in [-0.25, -0.2) is 4.39 Å². The third-order valence-electron chi connectivity index (χ3n) is 4.16. The van der Waals surface area contributed by atoms with Crippen molar-refractivity contribution in [3.8, 4) is 0 Å². The van der Waals surface area contributed by atoms with E-state index in [0.717, 1.165) is 23.6 Å². The third-order valence-corrected chi connectivity index (χ3v) is 5.29. The number of carbonyl (C=O) groups is 2. The average molecular weight is 387 g/mol. The Morgan fingerprint density at radius 3 is 2.67 bits per heavy atom. The standard InChI is InChI=1S/C20H22FN3O2S/c21-17-7-6-15(23-20(26)12-16-13-27-9-8-22-16)11-18(17)24-19(25)10-14-4-2-1-3-5-14/h1-7,11,16,22H,8-10,12-13H2,(H,23,26)(H,24,25). The largest absolute Gasteiger partial charge is 0.326 e. The summed E-state index contributed by atoms with van der Waals surface area (Å²) in [7, 11) is 0. The molecule has 0 bridgehead atoms. The Balaban J connectivity index is 1.58. The van der Waals surface area contributed by atoms with Crippen LogP contribution < -0.4 is 16.0 Å². The number of carbonyl (C=O) groups excluding carboxylic acids is 2. The molecular weight excluding hydrogens is 365 g/mol. The highest BCUT2D eigenvalue weighted by atomic mass is 32.2. The first kappa shape index (κ1) is 19.4. The van der Waals surface area contributed by atoms with E-state index in [1.54, 1.807) is 0 Å². The van der Waals surface area contributed by atoms with E-state index < -0.39 is 5.82 Å². The Hall–Kier alpha value is -2.38. The lowest BCUT2D eigenvalue weighted by Gasteiger charge is -2.22. The molecule has 0 saturated carbocycles. The molecule has 0 spiro atoms. The van der Waals surface area contributed by atoms with Gasteiger partial charge in [0.15, 0.2) is 0 Å². The zero-order chi connectivity index (χ0) is 19.1. The summed E-state index contributed by atoms with van der Waals surface area (Å²) in [6.07, 6.45) is 0.516. The molecule has 1 saturated heterocycles. The normalized spacial score (nSPS) is 16.6. The van der Waals surface area contributed by atoms with Gasteiger partial charge in [-0.05, 0) is 23.8 Å². The summed E-state index contributed by atoms with van der Waals surface area (Å²) in [4.78, 5) is 24.4. The number of amides is 2. The van der Waals surface area contributed by atoms with Crippen molar-refractivity contribution in [3.05, 3.63) is 59.9 Å². The first-order valence-electron chi connectivity index (χ1n) is 8.84. The van der Waals surface area contributed by atoms with Crippen LogP contribution in [0.3, 0.4) is 0 Å². The van der Waals surface area contributed by atoms with Crippen molar-refractivity contribution in [1.82, 2.24) is 5.32 Å². The fourth-order valence-electron chi connectivity index (χ4n) is 2.86. The third kappa shape index (κ3) is 6.08. The van der Waals surface area contributed by atoms with E-state index in [1.807, 2.05) is 42.1 Å². The van der Waals surface area contributed by atoms with Gasteiger partial charge in [-0.2, -0.15) is 11.8 Å². The number of rotatable bonds is 6. The Bertz CT molecular complexity index is 795. The molecule has 0 radical (unpaired) electrons. The maximum absolute atomic E-state index is 14.0. The molecule has 2 amide bonds. The second kappa shape index (κ2) is 9.53. The van der Waals surface area contributed by atoms with Gasteiger partial charge in [-0.1, -0.05) is 30.3 Å². The van der Waals surface area contributed by atoms with Crippen molar-refractivity contribution in [3.63, 3.8) is 0 Å². The number of hydrogen-bond acceptors (Lipinski definition) is 4. The quantitative estimate of drug-likeness (QED) is 0.713. The molecule has 2 aromatic carbocycles. The first-order chi connectivity index (χ1) is 13.1. The number of anilines is 2. The Kier molecular flexibility index (Phi) is 6.84. The predicted molar refractivity (Wildman–Crippen MR) is 108 cm³/mol. The fraction of sp³-hybridized carbons (Fsp3) is 0.300. The molecule has 5 nitrogen and oxygen atoms in total. The van der Waals surface area contributed by atoms with Crippen LogP contribution in [0, 0.1) is 5.82 Å². The fourth-order valence-corrected chi connectivity index (χ4v) is 3.81. The highest BCUT2D eigenvalue weighted by Gasteiger charge is 2.17. The molecule has 2 aromatic rings. The number of thioether (sulfide) groups is 1. The van der Waals surface area contributed by atoms with E-state index in [-0.39, 0.29) is 30.0 Å². The molecule has 1 heterocycles. The van der Waals surface area contributed by atoms with E-state index in [1.165, 1.54) is 18.2 Å². The van der Waals surface area contributed by atoms with Gasteiger partial charge in [0.25, 0.3) is 0 Å². The molecule has 1 aliphatic rings. The van der Waals surface area contributed by atoms with Crippen molar-refractivity contribution < 1.29 is 14.0 Å². The van der Waals surface area contributed by atoms with Crippen molar-refractivity contribution in [1.29, 1.82) is 0 Å². The number of nitrogens with one attached hydrogen (secondary N) is 3. The van der Waals surface area contributed by atoms with Crippen molar-refractivity contribution in [2.75, 3.05) is 28.7 Å². The van der Waals surface area contributed by atoms with Crippen LogP contribution in [0.2, 0.25) is 0 Å². The van der Waals surface area contributed by atoms with Crippen molar-refractivity contribution in [2.45, 2.75) is 18.9 Å². The summed E-state index contributed by atoms with van der Waals surface area (Å²) >= 11 is 1.82. The predicted octanol–water partition coefficient (Wildman–Crippen LogP) is 3.04. The van der Waals surface area contributed by atoms with E-state index >= 15 is 0 Å². The van der Waals surface area contributed by atoms with Crippen LogP contribution in [0.5, 0.6) is 0 Å². The molecular formula is C20H22FN3O2S. The van der Waals surface area contributed by atoms with Gasteiger partial charge in [-0.3, -0.25) is 9.59 Å². The average Bonchev–Trinajstić information content (AvgIpc) is 2.66. The smallest absolute Gasteiger partial charge is 0.228 e. The lowest BCUT2D eigenvalue weighted by atomic mass is 10.1. The minimum atomic E-state index is -0.542. The van der Waals surface area contributed by atoms with Crippen LogP contribution >= 0.6 is 11.8 Å². The van der Waals surface area contributed by atoms with Crippen LogP contribution in [0.4, 0.5) is 15.8 Å². The van der Waals surface area contributed by atoms with Gasteiger partial charge >= 0.3 is 0 Å². The van der Waals surface area contributed by atoms with E-state index in [0.29, 0.717) is 12.1 Å². The molecule has 7 heteroatoms. The molecule has 1 fully saturated rings. The molecule has 1 unspecified atom stereocenters. The topological polar surface area (TPSA) is 70.2 Å². The van der Waals surface area contributed by atoms with Crippen molar-refractivity contribution in [2.24, 2.45) is 0 Å². The summed E-state index contributed by atoms with van der Waals surface area (Å²) in [5.41, 5.74) is 1.36. The zero-order valence-electron chi connectivity index (χ0n) is 14.8. The first-order valence-corrected chi connectivity index (χ1v) is 10.00. The Labute approximate surface area is 162 Å². The molecule has 3 rings (SSSR count). The van der Waals surface area contributed by atoms with E-state index in [9.17, 15) is 14.0 Å². The summed E-state index contributed by atoms with van der Waals surface area (Å²) in [6, 6.07) is 13.6. The monoisotopic (exact) mass is 387 g/mol. The van der Waals surface area contributed by atoms with E-state index in [4.69, 9.17) is 0 Å². The maximum Gasteiger partial charge on any atom is 0.228 e. The van der Waals surface area contributed by atoms with Gasteiger partial charge in [0.2, 0.25) is 11.8 Å². The molecule has 1 atom stereocenters. The summed E-state index contributed by atoms with van der Waals surface area (Å²) in [5, 5.41) is 8.65. The summed E-state index contributed by atoms with van der Waals surface area (Å²) in [5.74, 6) is 0.967. The van der Waals surface area contributed by atoms with Gasteiger partial charge in [0.1, 0.15) is 5.82 Å². The number of hydrogen-bond donors (Lipinski definition) is 3. The Morgan fingerprint density at radius 2 is 1.93 bits per heavy atom. The minimum Gasteiger partial charge on any atom is -0.326 e.